The van der Waals surface area contributed by atoms with E-state index < -0.39 is 17.8 Å². The van der Waals surface area contributed by atoms with Crippen LogP contribution < -0.4 is 0 Å². The van der Waals surface area contributed by atoms with Gasteiger partial charge in [0.2, 0.25) is 0 Å². The van der Waals surface area contributed by atoms with Crippen molar-refractivity contribution < 1.29 is 15.3 Å². The van der Waals surface area contributed by atoms with E-state index in [2.05, 4.69) is 44.7 Å². The first kappa shape index (κ1) is 23.5. The molecule has 3 rings (SSSR count). The maximum atomic E-state index is 10.1. The smallest absolute Gasteiger partial charge is 0.0809 e. The molecule has 6 atom stereocenters. The Morgan fingerprint density at radius 2 is 1.83 bits per heavy atom. The molecular weight excluding hydrogens is 372 g/mol. The third-order valence-corrected chi connectivity index (χ3v) is 8.03. The molecule has 0 aromatic rings. The highest BCUT2D eigenvalue weighted by Gasteiger charge is 2.50. The van der Waals surface area contributed by atoms with Crippen molar-refractivity contribution in [3.63, 3.8) is 0 Å². The number of hydrogen-bond acceptors (Lipinski definition) is 3. The first-order chi connectivity index (χ1) is 14.0. The summed E-state index contributed by atoms with van der Waals surface area (Å²) in [6, 6.07) is 0. The molecule has 0 unspecified atom stereocenters. The van der Waals surface area contributed by atoms with Gasteiger partial charge in [-0.3, -0.25) is 0 Å². The zero-order valence-corrected chi connectivity index (χ0v) is 19.4. The Morgan fingerprint density at radius 1 is 1.17 bits per heavy atom. The maximum absolute atomic E-state index is 10.1. The molecule has 0 heterocycles. The van der Waals surface area contributed by atoms with E-state index in [1.807, 2.05) is 13.8 Å². The second-order valence-electron chi connectivity index (χ2n) is 11.0. The van der Waals surface area contributed by atoms with E-state index in [1.54, 1.807) is 5.57 Å². The lowest BCUT2D eigenvalue weighted by Gasteiger charge is -2.44. The maximum Gasteiger partial charge on any atom is 0.0809 e. The quantitative estimate of drug-likeness (QED) is 0.522. The van der Waals surface area contributed by atoms with Crippen molar-refractivity contribution >= 4 is 0 Å². The van der Waals surface area contributed by atoms with Gasteiger partial charge >= 0.3 is 0 Å². The van der Waals surface area contributed by atoms with Gasteiger partial charge in [0, 0.05) is 0 Å². The summed E-state index contributed by atoms with van der Waals surface area (Å²) in [6.45, 7) is 12.4. The fourth-order valence-electron chi connectivity index (χ4n) is 6.27. The SMILES string of the molecule is C=C1[C@H](O)CC(=C/C=C2/CCC[C@]3(C)[C@@H]([C@@H](C)/C=C/CC(C)(C)O)CC[C@@H]23)C[C@H]1O. The van der Waals surface area contributed by atoms with Crippen LogP contribution in [-0.2, 0) is 0 Å². The standard InChI is InChI=1S/C27H42O3/c1-18(8-6-14-26(3,4)30)22-12-13-23-21(9-7-15-27(22,23)5)11-10-20-16-24(28)19(2)25(29)17-20/h6,8,10-11,18,22-25,28-30H,2,7,9,12-17H2,1,3-5H3/b8-6+,21-11-/t18-,22+,23-,24+,25+,27+/m0/s1. The first-order valence-electron chi connectivity index (χ1n) is 11.8. The Labute approximate surface area is 183 Å². The van der Waals surface area contributed by atoms with Gasteiger partial charge < -0.3 is 15.3 Å². The van der Waals surface area contributed by atoms with Crippen LogP contribution in [0, 0.1) is 23.2 Å². The molecule has 0 amide bonds. The van der Waals surface area contributed by atoms with Crippen LogP contribution in [0.1, 0.15) is 79.1 Å². The molecule has 30 heavy (non-hydrogen) atoms. The van der Waals surface area contributed by atoms with Crippen molar-refractivity contribution in [3.05, 3.63) is 47.6 Å². The summed E-state index contributed by atoms with van der Waals surface area (Å²) in [7, 11) is 0. The van der Waals surface area contributed by atoms with Crippen LogP contribution in [0.15, 0.2) is 47.6 Å². The average molecular weight is 415 g/mol. The van der Waals surface area contributed by atoms with Gasteiger partial charge in [0.15, 0.2) is 0 Å². The zero-order chi connectivity index (χ0) is 22.1. The van der Waals surface area contributed by atoms with Gasteiger partial charge in [0.25, 0.3) is 0 Å². The minimum Gasteiger partial charge on any atom is -0.390 e. The van der Waals surface area contributed by atoms with Crippen molar-refractivity contribution in [1.29, 1.82) is 0 Å². The molecule has 3 saturated carbocycles. The summed E-state index contributed by atoms with van der Waals surface area (Å²) in [5, 5.41) is 30.2. The molecule has 3 aliphatic rings. The Hall–Kier alpha value is -1.16. The van der Waals surface area contributed by atoms with E-state index in [9.17, 15) is 15.3 Å². The molecule has 0 spiro atoms. The van der Waals surface area contributed by atoms with Crippen molar-refractivity contribution in [1.82, 2.24) is 0 Å². The summed E-state index contributed by atoms with van der Waals surface area (Å²) in [5.74, 6) is 1.83. The number of hydrogen-bond donors (Lipinski definition) is 3. The Morgan fingerprint density at radius 3 is 2.47 bits per heavy atom. The van der Waals surface area contributed by atoms with Crippen LogP contribution >= 0.6 is 0 Å². The van der Waals surface area contributed by atoms with Crippen LogP contribution in [0.4, 0.5) is 0 Å². The number of rotatable bonds is 5. The summed E-state index contributed by atoms with van der Waals surface area (Å²) < 4.78 is 0. The molecule has 0 bridgehead atoms. The van der Waals surface area contributed by atoms with E-state index >= 15 is 0 Å². The van der Waals surface area contributed by atoms with E-state index in [-0.39, 0.29) is 0 Å². The Kier molecular flexibility index (Phi) is 7.16. The van der Waals surface area contributed by atoms with E-state index in [1.165, 1.54) is 25.7 Å². The molecule has 3 nitrogen and oxygen atoms in total. The van der Waals surface area contributed by atoms with Gasteiger partial charge in [-0.15, -0.1) is 0 Å². The fraction of sp³-hybridized carbons (Fsp3) is 0.704. The molecular formula is C27H42O3. The number of aliphatic hydroxyl groups is 3. The molecule has 3 N–H and O–H groups in total. The fourth-order valence-corrected chi connectivity index (χ4v) is 6.27. The Balaban J connectivity index is 1.72. The molecule has 0 radical (unpaired) electrons. The van der Waals surface area contributed by atoms with Crippen molar-refractivity contribution in [2.45, 2.75) is 96.9 Å². The lowest BCUT2D eigenvalue weighted by molar-refractivity contribution is 0.0832. The molecule has 0 saturated heterocycles. The van der Waals surface area contributed by atoms with Gasteiger partial charge in [-0.25, -0.2) is 0 Å². The van der Waals surface area contributed by atoms with Crippen LogP contribution in [0.25, 0.3) is 0 Å². The van der Waals surface area contributed by atoms with Crippen LogP contribution in [-0.4, -0.2) is 33.1 Å². The highest BCUT2D eigenvalue weighted by Crippen LogP contribution is 2.59. The molecule has 168 valence electrons. The van der Waals surface area contributed by atoms with Crippen molar-refractivity contribution in [3.8, 4) is 0 Å². The van der Waals surface area contributed by atoms with Gasteiger partial charge in [0.05, 0.1) is 17.8 Å². The average Bonchev–Trinajstić information content (AvgIpc) is 3.00. The highest BCUT2D eigenvalue weighted by molar-refractivity contribution is 5.29. The Bertz CT molecular complexity index is 707. The third kappa shape index (κ3) is 5.18. The monoisotopic (exact) mass is 414 g/mol. The van der Waals surface area contributed by atoms with Gasteiger partial charge in [0.1, 0.15) is 0 Å². The second kappa shape index (κ2) is 9.14. The van der Waals surface area contributed by atoms with E-state index in [0.29, 0.717) is 48.0 Å². The van der Waals surface area contributed by atoms with Gasteiger partial charge in [-0.2, -0.15) is 0 Å². The second-order valence-corrected chi connectivity index (χ2v) is 11.0. The van der Waals surface area contributed by atoms with E-state index in [4.69, 9.17) is 0 Å². The normalized spacial score (nSPS) is 37.6. The molecule has 0 aromatic carbocycles. The van der Waals surface area contributed by atoms with Crippen LogP contribution in [0.5, 0.6) is 0 Å². The predicted molar refractivity (Wildman–Crippen MR) is 124 cm³/mol. The summed E-state index contributed by atoms with van der Waals surface area (Å²) in [5.41, 5.74) is 2.93. The third-order valence-electron chi connectivity index (χ3n) is 8.03. The zero-order valence-electron chi connectivity index (χ0n) is 19.4. The number of allylic oxidation sites excluding steroid dienone is 4. The van der Waals surface area contributed by atoms with Crippen molar-refractivity contribution in [2.24, 2.45) is 23.2 Å². The lowest BCUT2D eigenvalue weighted by Crippen LogP contribution is -2.35. The van der Waals surface area contributed by atoms with Gasteiger partial charge in [-0.05, 0) is 94.0 Å². The molecule has 0 aromatic heterocycles. The van der Waals surface area contributed by atoms with Crippen LogP contribution in [0.3, 0.4) is 0 Å². The number of fused-ring (bicyclic) bond motifs is 1. The first-order valence-corrected chi connectivity index (χ1v) is 11.8. The largest absolute Gasteiger partial charge is 0.390 e. The summed E-state index contributed by atoms with van der Waals surface area (Å²) in [6.07, 6.45) is 15.8. The highest BCUT2D eigenvalue weighted by atomic mass is 16.3. The number of aliphatic hydroxyl groups excluding tert-OH is 2. The minimum atomic E-state index is -0.640. The van der Waals surface area contributed by atoms with Gasteiger partial charge in [-0.1, -0.05) is 55.9 Å². The van der Waals surface area contributed by atoms with Crippen LogP contribution in [0.2, 0.25) is 0 Å². The summed E-state index contributed by atoms with van der Waals surface area (Å²) >= 11 is 0. The van der Waals surface area contributed by atoms with Crippen molar-refractivity contribution in [2.75, 3.05) is 0 Å². The molecule has 3 fully saturated rings. The predicted octanol–water partition coefficient (Wildman–Crippen LogP) is 5.48. The topological polar surface area (TPSA) is 60.7 Å². The lowest BCUT2D eigenvalue weighted by atomic mass is 9.61. The molecule has 3 heteroatoms. The van der Waals surface area contributed by atoms with E-state index in [0.717, 1.165) is 12.0 Å². The summed E-state index contributed by atoms with van der Waals surface area (Å²) in [4.78, 5) is 0. The molecule has 0 aliphatic heterocycles. The molecule has 3 aliphatic carbocycles. The minimum absolute atomic E-state index is 0.334.